The van der Waals surface area contributed by atoms with Gasteiger partial charge in [-0.1, -0.05) is 0 Å². The molecule has 210 valence electrons. The lowest BCUT2D eigenvalue weighted by molar-refractivity contribution is -0.149. The van der Waals surface area contributed by atoms with Gasteiger partial charge in [-0.15, -0.1) is 0 Å². The second-order valence-electron chi connectivity index (χ2n) is 9.41. The number of allylic oxidation sites excluding steroid dienone is 1. The number of pyridine rings is 1. The van der Waals surface area contributed by atoms with Crippen LogP contribution in [0.4, 0.5) is 5.69 Å². The summed E-state index contributed by atoms with van der Waals surface area (Å²) in [6, 6.07) is 9.14. The van der Waals surface area contributed by atoms with Crippen molar-refractivity contribution in [3.63, 3.8) is 0 Å². The van der Waals surface area contributed by atoms with Crippen molar-refractivity contribution in [2.45, 2.75) is 6.92 Å². The number of morpholine rings is 1. The van der Waals surface area contributed by atoms with Crippen LogP contribution in [-0.2, 0) is 28.5 Å². The van der Waals surface area contributed by atoms with E-state index in [1.807, 2.05) is 25.1 Å². The van der Waals surface area contributed by atoms with Crippen molar-refractivity contribution < 1.29 is 33.3 Å². The highest BCUT2D eigenvalue weighted by molar-refractivity contribution is 6.27. The van der Waals surface area contributed by atoms with E-state index in [2.05, 4.69) is 19.9 Å². The third-order valence-corrected chi connectivity index (χ3v) is 6.68. The molecule has 0 aliphatic carbocycles. The fourth-order valence-electron chi connectivity index (χ4n) is 4.50. The third kappa shape index (κ3) is 6.39. The highest BCUT2D eigenvalue weighted by Crippen LogP contribution is 2.31. The van der Waals surface area contributed by atoms with Crippen LogP contribution >= 0.6 is 0 Å². The van der Waals surface area contributed by atoms with Crippen LogP contribution in [0, 0.1) is 12.8 Å². The number of ether oxygens (including phenoxy) is 5. The Morgan fingerprint density at radius 1 is 1.23 bits per heavy atom. The Kier molecular flexibility index (Phi) is 8.84. The van der Waals surface area contributed by atoms with E-state index < -0.39 is 17.7 Å². The summed E-state index contributed by atoms with van der Waals surface area (Å²) in [5.41, 5.74) is 2.73. The summed E-state index contributed by atoms with van der Waals surface area (Å²) in [6.45, 7) is 6.76. The Morgan fingerprint density at radius 2 is 2.08 bits per heavy atom. The first-order valence-electron chi connectivity index (χ1n) is 13.2. The number of Topliss-reactive ketones (excluding diaryl/α,β-unsaturated/α-hetero) is 1. The zero-order valence-corrected chi connectivity index (χ0v) is 22.6. The zero-order chi connectivity index (χ0) is 27.9. The van der Waals surface area contributed by atoms with Crippen LogP contribution in [0.1, 0.15) is 11.1 Å². The first-order valence-corrected chi connectivity index (χ1v) is 13.2. The number of ketones is 1. The molecular weight excluding hydrogens is 516 g/mol. The summed E-state index contributed by atoms with van der Waals surface area (Å²) < 4.78 is 27.5. The Labute approximate surface area is 231 Å². The number of aryl methyl sites for hydroxylation is 1. The molecular formula is C29H32N4O7. The van der Waals surface area contributed by atoms with E-state index in [4.69, 9.17) is 23.7 Å². The van der Waals surface area contributed by atoms with Crippen molar-refractivity contribution >= 4 is 40.4 Å². The van der Waals surface area contributed by atoms with E-state index in [0.29, 0.717) is 29.3 Å². The number of esters is 1. The standard InChI is InChI=1S/C29H32N4O7/c1-19-16-21(38-13-10-33-8-11-37-12-9-33)5-6-23(19)32-28-25(29(35)39-15-14-36-2)26(34)24(40-28)17-20-18-31-27-22(20)4-3-7-30-27/h3-7,16-18,25H,8-15H2,1-2H3,(H,30,31)/b24-17-,32-28?. The molecule has 1 unspecified atom stereocenters. The van der Waals surface area contributed by atoms with Crippen LogP contribution in [0.3, 0.4) is 0 Å². The van der Waals surface area contributed by atoms with Crippen molar-refractivity contribution in [1.29, 1.82) is 0 Å². The maximum atomic E-state index is 13.4. The summed E-state index contributed by atoms with van der Waals surface area (Å²) in [5.74, 6) is -1.93. The second-order valence-corrected chi connectivity index (χ2v) is 9.41. The van der Waals surface area contributed by atoms with Crippen molar-refractivity contribution in [3.05, 3.63) is 59.6 Å². The molecule has 3 aromatic rings. The Balaban J connectivity index is 1.36. The second kappa shape index (κ2) is 12.9. The normalized spacial score (nSPS) is 19.9. The Bertz CT molecular complexity index is 1420. The lowest BCUT2D eigenvalue weighted by Gasteiger charge is -2.26. The number of fused-ring (bicyclic) bond motifs is 1. The number of rotatable bonds is 10. The lowest BCUT2D eigenvalue weighted by Crippen LogP contribution is -2.38. The number of hydrogen-bond donors (Lipinski definition) is 1. The number of carbonyl (C=O) groups excluding carboxylic acids is 2. The molecule has 0 saturated carbocycles. The highest BCUT2D eigenvalue weighted by Gasteiger charge is 2.45. The zero-order valence-electron chi connectivity index (χ0n) is 22.6. The number of carbonyl (C=O) groups is 2. The molecule has 11 heteroatoms. The van der Waals surface area contributed by atoms with Gasteiger partial charge in [0, 0.05) is 50.1 Å². The van der Waals surface area contributed by atoms with E-state index in [1.54, 1.807) is 30.6 Å². The van der Waals surface area contributed by atoms with Gasteiger partial charge in [-0.2, -0.15) is 0 Å². The summed E-state index contributed by atoms with van der Waals surface area (Å²) in [4.78, 5) is 40.5. The molecule has 1 N–H and O–H groups in total. The first kappa shape index (κ1) is 27.5. The third-order valence-electron chi connectivity index (χ3n) is 6.68. The molecule has 1 atom stereocenters. The van der Waals surface area contributed by atoms with E-state index >= 15 is 0 Å². The van der Waals surface area contributed by atoms with Gasteiger partial charge in [0.15, 0.2) is 11.7 Å². The van der Waals surface area contributed by atoms with Crippen LogP contribution < -0.4 is 4.74 Å². The number of aromatic nitrogens is 2. The van der Waals surface area contributed by atoms with Gasteiger partial charge in [-0.3, -0.25) is 14.5 Å². The molecule has 2 saturated heterocycles. The van der Waals surface area contributed by atoms with Gasteiger partial charge < -0.3 is 28.7 Å². The van der Waals surface area contributed by atoms with Crippen molar-refractivity contribution in [2.75, 3.05) is 59.8 Å². The average molecular weight is 549 g/mol. The van der Waals surface area contributed by atoms with Crippen LogP contribution in [0.15, 0.2) is 53.5 Å². The number of aromatic amines is 1. The fraction of sp³-hybridized carbons (Fsp3) is 0.379. The summed E-state index contributed by atoms with van der Waals surface area (Å²) in [5, 5.41) is 0.816. The van der Waals surface area contributed by atoms with E-state index in [1.165, 1.54) is 7.11 Å². The van der Waals surface area contributed by atoms with Gasteiger partial charge >= 0.3 is 5.97 Å². The number of nitrogens with one attached hydrogen (secondary N) is 1. The molecule has 0 amide bonds. The SMILES string of the molecule is COCCOC(=O)C1C(=O)/C(=C/c2c[nH]c3ncccc23)OC1=Nc1ccc(OCCN2CCOCC2)cc1C. The van der Waals surface area contributed by atoms with Gasteiger partial charge in [0.25, 0.3) is 0 Å². The Hall–Kier alpha value is -4.06. The van der Waals surface area contributed by atoms with Crippen molar-refractivity contribution in [1.82, 2.24) is 14.9 Å². The minimum atomic E-state index is -1.32. The monoisotopic (exact) mass is 548 g/mol. The minimum Gasteiger partial charge on any atom is -0.492 e. The lowest BCUT2D eigenvalue weighted by atomic mass is 10.0. The number of benzene rings is 1. The number of hydrogen-bond acceptors (Lipinski definition) is 10. The van der Waals surface area contributed by atoms with Gasteiger partial charge in [0.2, 0.25) is 11.7 Å². The van der Waals surface area contributed by atoms with Crippen LogP contribution in [0.25, 0.3) is 17.1 Å². The quantitative estimate of drug-likeness (QED) is 0.176. The number of methoxy groups -OCH3 is 1. The molecule has 1 aromatic carbocycles. The molecule has 11 nitrogen and oxygen atoms in total. The molecule has 0 bridgehead atoms. The van der Waals surface area contributed by atoms with E-state index in [-0.39, 0.29) is 24.9 Å². The van der Waals surface area contributed by atoms with Crippen LogP contribution in [0.5, 0.6) is 5.75 Å². The Morgan fingerprint density at radius 3 is 2.88 bits per heavy atom. The topological polar surface area (TPSA) is 125 Å². The van der Waals surface area contributed by atoms with Gasteiger partial charge in [0.1, 0.15) is 24.6 Å². The molecule has 2 aromatic heterocycles. The summed E-state index contributed by atoms with van der Waals surface area (Å²) in [7, 11) is 1.50. The average Bonchev–Trinajstić information content (AvgIpc) is 3.51. The van der Waals surface area contributed by atoms with Gasteiger partial charge in [-0.25, -0.2) is 9.98 Å². The molecule has 0 radical (unpaired) electrons. The summed E-state index contributed by atoms with van der Waals surface area (Å²) in [6.07, 6.45) is 4.98. The van der Waals surface area contributed by atoms with E-state index in [9.17, 15) is 9.59 Å². The number of H-pyrrole nitrogens is 1. The predicted molar refractivity (Wildman–Crippen MR) is 148 cm³/mol. The molecule has 2 aliphatic rings. The van der Waals surface area contributed by atoms with E-state index in [0.717, 1.165) is 43.8 Å². The molecule has 40 heavy (non-hydrogen) atoms. The smallest absolute Gasteiger partial charge is 0.326 e. The maximum Gasteiger partial charge on any atom is 0.326 e. The molecule has 5 rings (SSSR count). The molecule has 0 spiro atoms. The highest BCUT2D eigenvalue weighted by atomic mass is 16.6. The van der Waals surface area contributed by atoms with Gasteiger partial charge in [0.05, 0.1) is 25.5 Å². The first-order chi connectivity index (χ1) is 19.5. The molecule has 4 heterocycles. The predicted octanol–water partition coefficient (Wildman–Crippen LogP) is 3.06. The van der Waals surface area contributed by atoms with Gasteiger partial charge in [-0.05, 0) is 48.9 Å². The maximum absolute atomic E-state index is 13.4. The van der Waals surface area contributed by atoms with Crippen molar-refractivity contribution in [3.8, 4) is 5.75 Å². The largest absolute Gasteiger partial charge is 0.492 e. The van der Waals surface area contributed by atoms with Crippen LogP contribution in [0.2, 0.25) is 0 Å². The van der Waals surface area contributed by atoms with Crippen LogP contribution in [-0.4, -0.2) is 92.3 Å². The molecule has 2 aliphatic heterocycles. The number of nitrogens with zero attached hydrogens (tertiary/aromatic N) is 3. The minimum absolute atomic E-state index is 0.00193. The number of aliphatic imine (C=N–C) groups is 1. The molecule has 2 fully saturated rings. The van der Waals surface area contributed by atoms with Crippen molar-refractivity contribution in [2.24, 2.45) is 10.9 Å². The fourth-order valence-corrected chi connectivity index (χ4v) is 4.50. The summed E-state index contributed by atoms with van der Waals surface area (Å²) >= 11 is 0.